The third kappa shape index (κ3) is 4.97. The fraction of sp³-hybridized carbons (Fsp3) is 0.417. The highest BCUT2D eigenvalue weighted by Crippen LogP contribution is 2.49. The predicted molar refractivity (Wildman–Crippen MR) is 112 cm³/mol. The van der Waals surface area contributed by atoms with Gasteiger partial charge >= 0.3 is 5.97 Å². The van der Waals surface area contributed by atoms with E-state index in [0.29, 0.717) is 5.56 Å². The molecule has 1 aliphatic carbocycles. The Morgan fingerprint density at radius 2 is 1.55 bits per heavy atom. The van der Waals surface area contributed by atoms with Crippen molar-refractivity contribution in [3.05, 3.63) is 65.2 Å². The van der Waals surface area contributed by atoms with E-state index in [9.17, 15) is 14.7 Å². The molecular formula is C24H29NO4. The van der Waals surface area contributed by atoms with Gasteiger partial charge in [-0.05, 0) is 69.0 Å². The summed E-state index contributed by atoms with van der Waals surface area (Å²) in [6.07, 6.45) is 3.41. The van der Waals surface area contributed by atoms with Crippen molar-refractivity contribution < 1.29 is 19.4 Å². The van der Waals surface area contributed by atoms with E-state index in [1.165, 1.54) is 11.1 Å². The lowest BCUT2D eigenvalue weighted by Gasteiger charge is -2.43. The van der Waals surface area contributed by atoms with E-state index in [1.807, 2.05) is 57.2 Å². The Kier molecular flexibility index (Phi) is 5.96. The van der Waals surface area contributed by atoms with Crippen LogP contribution in [0.1, 0.15) is 67.9 Å². The number of nitrogens with one attached hydrogen (secondary N) is 1. The number of esters is 1. The third-order valence-corrected chi connectivity index (χ3v) is 5.36. The molecule has 1 fully saturated rings. The zero-order valence-electron chi connectivity index (χ0n) is 17.3. The molecule has 0 radical (unpaired) electrons. The molecule has 0 unspecified atom stereocenters. The lowest BCUT2D eigenvalue weighted by molar-refractivity contribution is -0.154. The Hall–Kier alpha value is -2.82. The Labute approximate surface area is 172 Å². The molecule has 0 atom stereocenters. The minimum atomic E-state index is -0.522. The number of hydrogen-bond donors (Lipinski definition) is 2. The Balaban J connectivity index is 1.61. The van der Waals surface area contributed by atoms with Gasteiger partial charge in [0.25, 0.3) is 5.91 Å². The van der Waals surface area contributed by atoms with E-state index in [4.69, 9.17) is 4.74 Å². The maximum absolute atomic E-state index is 12.4. The molecule has 0 heterocycles. The number of aromatic hydroxyl groups is 1. The topological polar surface area (TPSA) is 75.6 Å². The highest BCUT2D eigenvalue weighted by atomic mass is 16.6. The first-order valence-electron chi connectivity index (χ1n) is 10.1. The van der Waals surface area contributed by atoms with Crippen LogP contribution in [0.3, 0.4) is 0 Å². The molecule has 3 rings (SSSR count). The largest absolute Gasteiger partial charge is 0.508 e. The summed E-state index contributed by atoms with van der Waals surface area (Å²) >= 11 is 0. The second kappa shape index (κ2) is 8.27. The summed E-state index contributed by atoms with van der Waals surface area (Å²) in [6.45, 7) is 5.70. The first kappa shape index (κ1) is 20.9. The first-order chi connectivity index (χ1) is 13.7. The molecule has 0 aliphatic heterocycles. The lowest BCUT2D eigenvalue weighted by Crippen LogP contribution is -2.35. The molecule has 1 saturated carbocycles. The van der Waals surface area contributed by atoms with Gasteiger partial charge in [-0.15, -0.1) is 0 Å². The Bertz CT molecular complexity index is 859. The van der Waals surface area contributed by atoms with Crippen molar-refractivity contribution in [3.63, 3.8) is 0 Å². The molecule has 2 aromatic rings. The van der Waals surface area contributed by atoms with Crippen molar-refractivity contribution in [3.8, 4) is 5.75 Å². The number of phenolic OH excluding ortho intramolecular Hbond substituents is 1. The van der Waals surface area contributed by atoms with Crippen molar-refractivity contribution in [1.29, 1.82) is 0 Å². The number of rotatable bonds is 6. The number of amides is 1. The standard InChI is InChI=1S/C24H29NO4/c1-23(2,3)29-21(27)13-16-25-22(28)17-5-7-18(8-6-17)24(14-4-15-24)19-9-11-20(26)12-10-19/h5-12,26H,4,13-16H2,1-3H3,(H,25,28). The van der Waals surface area contributed by atoms with Crippen LogP contribution in [0.4, 0.5) is 0 Å². The van der Waals surface area contributed by atoms with E-state index >= 15 is 0 Å². The number of ether oxygens (including phenoxy) is 1. The van der Waals surface area contributed by atoms with Gasteiger partial charge in [0.1, 0.15) is 11.4 Å². The number of benzene rings is 2. The quantitative estimate of drug-likeness (QED) is 0.714. The van der Waals surface area contributed by atoms with Gasteiger partial charge in [0.15, 0.2) is 0 Å². The molecule has 29 heavy (non-hydrogen) atoms. The van der Waals surface area contributed by atoms with Crippen molar-refractivity contribution in [2.75, 3.05) is 6.54 Å². The molecule has 2 aromatic carbocycles. The second-order valence-electron chi connectivity index (χ2n) is 8.65. The summed E-state index contributed by atoms with van der Waals surface area (Å²) in [5.41, 5.74) is 2.37. The highest BCUT2D eigenvalue weighted by molar-refractivity contribution is 5.94. The van der Waals surface area contributed by atoms with Crippen molar-refractivity contribution in [2.24, 2.45) is 0 Å². The summed E-state index contributed by atoms with van der Waals surface area (Å²) in [5, 5.41) is 12.3. The number of carbonyl (C=O) groups excluding carboxylic acids is 2. The average molecular weight is 395 g/mol. The van der Waals surface area contributed by atoms with Crippen LogP contribution in [0.5, 0.6) is 5.75 Å². The maximum atomic E-state index is 12.4. The molecule has 1 amide bonds. The fourth-order valence-electron chi connectivity index (χ4n) is 3.77. The first-order valence-corrected chi connectivity index (χ1v) is 10.1. The minimum Gasteiger partial charge on any atom is -0.508 e. The SMILES string of the molecule is CC(C)(C)OC(=O)CCNC(=O)c1ccc(C2(c3ccc(O)cc3)CCC2)cc1. The smallest absolute Gasteiger partial charge is 0.308 e. The lowest BCUT2D eigenvalue weighted by atomic mass is 9.60. The van der Waals surface area contributed by atoms with Crippen molar-refractivity contribution >= 4 is 11.9 Å². The average Bonchev–Trinajstić information content (AvgIpc) is 2.61. The van der Waals surface area contributed by atoms with Gasteiger partial charge in [-0.3, -0.25) is 9.59 Å². The van der Waals surface area contributed by atoms with E-state index in [0.717, 1.165) is 19.3 Å². The Morgan fingerprint density at radius 3 is 2.03 bits per heavy atom. The second-order valence-corrected chi connectivity index (χ2v) is 8.65. The van der Waals surface area contributed by atoms with Gasteiger partial charge in [-0.25, -0.2) is 0 Å². The minimum absolute atomic E-state index is 0.0422. The Morgan fingerprint density at radius 1 is 1.00 bits per heavy atom. The van der Waals surface area contributed by atoms with Gasteiger partial charge in [0.05, 0.1) is 6.42 Å². The molecule has 2 N–H and O–H groups in total. The highest BCUT2D eigenvalue weighted by Gasteiger charge is 2.40. The summed E-state index contributed by atoms with van der Waals surface area (Å²) in [7, 11) is 0. The van der Waals surface area contributed by atoms with Crippen molar-refractivity contribution in [2.45, 2.75) is 57.5 Å². The van der Waals surface area contributed by atoms with Gasteiger partial charge in [-0.1, -0.05) is 30.7 Å². The zero-order chi connectivity index (χ0) is 21.1. The molecule has 0 saturated heterocycles. The van der Waals surface area contributed by atoms with Crippen LogP contribution in [0.15, 0.2) is 48.5 Å². The van der Waals surface area contributed by atoms with Gasteiger partial charge < -0.3 is 15.2 Å². The summed E-state index contributed by atoms with van der Waals surface area (Å²) in [4.78, 5) is 24.1. The molecule has 0 aromatic heterocycles. The van der Waals surface area contributed by atoms with Crippen LogP contribution in [-0.2, 0) is 14.9 Å². The van der Waals surface area contributed by atoms with Crippen LogP contribution in [0.25, 0.3) is 0 Å². The molecule has 0 spiro atoms. The molecule has 154 valence electrons. The predicted octanol–water partition coefficient (Wildman–Crippen LogP) is 4.32. The summed E-state index contributed by atoms with van der Waals surface area (Å²) < 4.78 is 5.24. The van der Waals surface area contributed by atoms with Gasteiger partial charge in [0, 0.05) is 17.5 Å². The van der Waals surface area contributed by atoms with Gasteiger partial charge in [-0.2, -0.15) is 0 Å². The van der Waals surface area contributed by atoms with Crippen LogP contribution >= 0.6 is 0 Å². The molecule has 5 nitrogen and oxygen atoms in total. The number of carbonyl (C=O) groups is 2. The number of phenols is 1. The number of hydrogen-bond acceptors (Lipinski definition) is 4. The summed E-state index contributed by atoms with van der Waals surface area (Å²) in [6, 6.07) is 15.1. The zero-order valence-corrected chi connectivity index (χ0v) is 17.3. The molecule has 0 bridgehead atoms. The van der Waals surface area contributed by atoms with E-state index in [2.05, 4.69) is 5.32 Å². The maximum Gasteiger partial charge on any atom is 0.308 e. The molecule has 1 aliphatic rings. The van der Waals surface area contributed by atoms with Crippen molar-refractivity contribution in [1.82, 2.24) is 5.32 Å². The monoisotopic (exact) mass is 395 g/mol. The molecule has 5 heteroatoms. The van der Waals surface area contributed by atoms with Crippen LogP contribution in [-0.4, -0.2) is 29.1 Å². The van der Waals surface area contributed by atoms with E-state index in [1.54, 1.807) is 12.1 Å². The van der Waals surface area contributed by atoms with Gasteiger partial charge in [0.2, 0.25) is 0 Å². The molecular weight excluding hydrogens is 366 g/mol. The third-order valence-electron chi connectivity index (χ3n) is 5.36. The normalized spacial score (nSPS) is 15.3. The van der Waals surface area contributed by atoms with Crippen LogP contribution in [0, 0.1) is 0 Å². The van der Waals surface area contributed by atoms with E-state index < -0.39 is 5.60 Å². The summed E-state index contributed by atoms with van der Waals surface area (Å²) in [5.74, 6) is -0.261. The fourth-order valence-corrected chi connectivity index (χ4v) is 3.77. The van der Waals surface area contributed by atoms with Crippen LogP contribution < -0.4 is 5.32 Å². The van der Waals surface area contributed by atoms with E-state index in [-0.39, 0.29) is 36.0 Å². The van der Waals surface area contributed by atoms with Crippen LogP contribution in [0.2, 0.25) is 0 Å².